The van der Waals surface area contributed by atoms with Crippen molar-refractivity contribution >= 4 is 40.3 Å². The van der Waals surface area contributed by atoms with Crippen molar-refractivity contribution in [1.29, 1.82) is 0 Å². The molecule has 5 nitrogen and oxygen atoms in total. The van der Waals surface area contributed by atoms with Crippen LogP contribution in [-0.4, -0.2) is 35.5 Å². The van der Waals surface area contributed by atoms with Crippen LogP contribution in [0.3, 0.4) is 0 Å². The quantitative estimate of drug-likeness (QED) is 0.133. The zero-order chi connectivity index (χ0) is 26.9. The average Bonchev–Trinajstić information content (AvgIpc) is 3.21. The summed E-state index contributed by atoms with van der Waals surface area (Å²) in [6, 6.07) is 23.8. The van der Waals surface area contributed by atoms with Crippen LogP contribution in [0.5, 0.6) is 17.2 Å². The van der Waals surface area contributed by atoms with Crippen LogP contribution in [-0.2, 0) is 11.3 Å². The smallest absolute Gasteiger partial charge is 0.266 e. The number of methoxy groups -OCH3 is 1. The molecule has 0 radical (unpaired) electrons. The molecule has 3 aromatic rings. The molecule has 0 bridgehead atoms. The maximum atomic E-state index is 13.0. The van der Waals surface area contributed by atoms with E-state index in [9.17, 15) is 4.79 Å². The Balaban J connectivity index is 1.30. The second kappa shape index (κ2) is 13.5. The molecule has 3 aromatic carbocycles. The van der Waals surface area contributed by atoms with Gasteiger partial charge in [-0.2, -0.15) is 0 Å². The fourth-order valence-corrected chi connectivity index (χ4v) is 5.26. The molecule has 1 heterocycles. The minimum absolute atomic E-state index is 0.0855. The van der Waals surface area contributed by atoms with E-state index in [1.165, 1.54) is 17.3 Å². The fourth-order valence-electron chi connectivity index (χ4n) is 4.01. The van der Waals surface area contributed by atoms with Crippen molar-refractivity contribution in [2.45, 2.75) is 39.2 Å². The molecule has 0 aromatic heterocycles. The summed E-state index contributed by atoms with van der Waals surface area (Å²) in [5.74, 6) is 2.60. The predicted octanol–water partition coefficient (Wildman–Crippen LogP) is 7.46. The van der Waals surface area contributed by atoms with Crippen LogP contribution < -0.4 is 14.2 Å². The van der Waals surface area contributed by atoms with Gasteiger partial charge >= 0.3 is 0 Å². The molecule has 1 aliphatic rings. The molecule has 0 spiro atoms. The Morgan fingerprint density at radius 2 is 1.71 bits per heavy atom. The molecule has 0 aliphatic carbocycles. The van der Waals surface area contributed by atoms with Gasteiger partial charge in [-0.15, -0.1) is 0 Å². The van der Waals surface area contributed by atoms with Crippen LogP contribution in [0, 0.1) is 0 Å². The number of carbonyl (C=O) groups is 1. The second-order valence-corrected chi connectivity index (χ2v) is 10.8. The molecule has 0 N–H and O–H groups in total. The Hall–Kier alpha value is -3.29. The van der Waals surface area contributed by atoms with Crippen molar-refractivity contribution in [3.8, 4) is 17.2 Å². The summed E-state index contributed by atoms with van der Waals surface area (Å²) < 4.78 is 17.9. The van der Waals surface area contributed by atoms with Gasteiger partial charge in [-0.05, 0) is 59.4 Å². The first-order valence-electron chi connectivity index (χ1n) is 12.8. The van der Waals surface area contributed by atoms with Gasteiger partial charge in [0.1, 0.15) is 10.1 Å². The summed E-state index contributed by atoms with van der Waals surface area (Å²) in [7, 11) is 1.61. The third kappa shape index (κ3) is 7.17. The van der Waals surface area contributed by atoms with Crippen LogP contribution in [0.2, 0.25) is 0 Å². The van der Waals surface area contributed by atoms with Gasteiger partial charge in [0.05, 0.1) is 31.8 Å². The van der Waals surface area contributed by atoms with Crippen LogP contribution in [0.1, 0.15) is 49.3 Å². The summed E-state index contributed by atoms with van der Waals surface area (Å²) in [4.78, 5) is 15.2. The first-order valence-corrected chi connectivity index (χ1v) is 14.0. The Morgan fingerprint density at radius 3 is 2.42 bits per heavy atom. The highest BCUT2D eigenvalue weighted by molar-refractivity contribution is 8.26. The molecule has 7 heteroatoms. The van der Waals surface area contributed by atoms with E-state index < -0.39 is 0 Å². The maximum Gasteiger partial charge on any atom is 0.266 e. The molecule has 4 rings (SSSR count). The summed E-state index contributed by atoms with van der Waals surface area (Å²) >= 11 is 6.79. The highest BCUT2D eigenvalue weighted by atomic mass is 32.2. The fraction of sp³-hybridized carbons (Fsp3) is 0.290. The van der Waals surface area contributed by atoms with Crippen LogP contribution >= 0.6 is 24.0 Å². The number of rotatable bonds is 12. The van der Waals surface area contributed by atoms with Crippen LogP contribution in [0.15, 0.2) is 77.7 Å². The summed E-state index contributed by atoms with van der Waals surface area (Å²) in [5, 5.41) is 0. The molecule has 198 valence electrons. The third-order valence-electron chi connectivity index (χ3n) is 6.42. The molecule has 1 atom stereocenters. The van der Waals surface area contributed by atoms with Gasteiger partial charge in [0, 0.05) is 6.42 Å². The lowest BCUT2D eigenvalue weighted by atomic mass is 9.99. The van der Waals surface area contributed by atoms with Crippen molar-refractivity contribution in [2.75, 3.05) is 20.3 Å². The number of hydrogen-bond donors (Lipinski definition) is 0. The molecule has 0 saturated carbocycles. The van der Waals surface area contributed by atoms with Gasteiger partial charge in [-0.3, -0.25) is 9.69 Å². The lowest BCUT2D eigenvalue weighted by Gasteiger charge is -2.14. The van der Waals surface area contributed by atoms with Crippen molar-refractivity contribution in [3.63, 3.8) is 0 Å². The third-order valence-corrected chi connectivity index (χ3v) is 7.80. The monoisotopic (exact) mass is 547 g/mol. The van der Waals surface area contributed by atoms with Crippen molar-refractivity contribution in [2.24, 2.45) is 0 Å². The van der Waals surface area contributed by atoms with E-state index in [0.717, 1.165) is 29.7 Å². The maximum absolute atomic E-state index is 13.0. The zero-order valence-electron chi connectivity index (χ0n) is 22.0. The van der Waals surface area contributed by atoms with Gasteiger partial charge in [-0.1, -0.05) is 86.4 Å². The van der Waals surface area contributed by atoms with E-state index in [4.69, 9.17) is 26.4 Å². The van der Waals surface area contributed by atoms with Crippen LogP contribution in [0.4, 0.5) is 0 Å². The lowest BCUT2D eigenvalue weighted by molar-refractivity contribution is -0.122. The predicted molar refractivity (Wildman–Crippen MR) is 159 cm³/mol. The number of thioether (sulfide) groups is 1. The average molecular weight is 548 g/mol. The number of benzene rings is 3. The van der Waals surface area contributed by atoms with E-state index in [1.807, 2.05) is 66.7 Å². The van der Waals surface area contributed by atoms with E-state index in [1.54, 1.807) is 12.0 Å². The lowest BCUT2D eigenvalue weighted by Crippen LogP contribution is -2.27. The molecule has 1 saturated heterocycles. The minimum atomic E-state index is -0.0855. The Morgan fingerprint density at radius 1 is 0.974 bits per heavy atom. The van der Waals surface area contributed by atoms with Crippen molar-refractivity contribution in [1.82, 2.24) is 4.90 Å². The Bertz CT molecular complexity index is 1270. The van der Waals surface area contributed by atoms with Crippen molar-refractivity contribution < 1.29 is 19.0 Å². The second-order valence-electron chi connectivity index (χ2n) is 9.09. The van der Waals surface area contributed by atoms with E-state index >= 15 is 0 Å². The highest BCUT2D eigenvalue weighted by Crippen LogP contribution is 2.35. The van der Waals surface area contributed by atoms with E-state index in [-0.39, 0.29) is 5.91 Å². The molecule has 38 heavy (non-hydrogen) atoms. The van der Waals surface area contributed by atoms with Gasteiger partial charge in [0.25, 0.3) is 5.91 Å². The van der Waals surface area contributed by atoms with Crippen molar-refractivity contribution in [3.05, 3.63) is 94.4 Å². The summed E-state index contributed by atoms with van der Waals surface area (Å²) in [6.07, 6.45) is 3.71. The minimum Gasteiger partial charge on any atom is -0.493 e. The molecule has 1 aliphatic heterocycles. The first-order chi connectivity index (χ1) is 18.5. The molecular formula is C31H33NO4S2. The standard InChI is InChI=1S/C31H33NO4S2/c1-4-22(2)25-12-14-26(15-13-25)35-17-8-18-36-27-16-11-24(19-28(27)34-3)20-29-30(33)32(31(37)38-29)21-23-9-6-5-7-10-23/h5-7,9-16,19-20,22H,4,8,17-18,21H2,1-3H3/b29-20+. The Labute approximate surface area is 234 Å². The SMILES string of the molecule is CCC(C)c1ccc(OCCCOc2ccc(/C=C3/SC(=S)N(Cc4ccccc4)C3=O)cc2OC)cc1. The summed E-state index contributed by atoms with van der Waals surface area (Å²) in [6.45, 7) is 5.95. The molecule has 1 amide bonds. The molecular weight excluding hydrogens is 514 g/mol. The first kappa shape index (κ1) is 27.7. The largest absolute Gasteiger partial charge is 0.493 e. The number of hydrogen-bond acceptors (Lipinski definition) is 6. The molecule has 1 fully saturated rings. The number of nitrogens with zero attached hydrogens (tertiary/aromatic N) is 1. The normalized spacial score (nSPS) is 15.1. The zero-order valence-corrected chi connectivity index (χ0v) is 23.6. The van der Waals surface area contributed by atoms with Crippen LogP contribution in [0.25, 0.3) is 6.08 Å². The molecule has 1 unspecified atom stereocenters. The van der Waals surface area contributed by atoms with E-state index in [0.29, 0.717) is 46.4 Å². The highest BCUT2D eigenvalue weighted by Gasteiger charge is 2.32. The topological polar surface area (TPSA) is 48.0 Å². The van der Waals surface area contributed by atoms with Gasteiger partial charge in [0.15, 0.2) is 11.5 Å². The van der Waals surface area contributed by atoms with Gasteiger partial charge in [0.2, 0.25) is 0 Å². The number of carbonyl (C=O) groups excluding carboxylic acids is 1. The van der Waals surface area contributed by atoms with E-state index in [2.05, 4.69) is 26.0 Å². The number of thiocarbonyl (C=S) groups is 1. The van der Waals surface area contributed by atoms with Gasteiger partial charge in [-0.25, -0.2) is 0 Å². The number of amides is 1. The summed E-state index contributed by atoms with van der Waals surface area (Å²) in [5.41, 5.74) is 3.22. The van der Waals surface area contributed by atoms with Gasteiger partial charge < -0.3 is 14.2 Å². The number of ether oxygens (including phenoxy) is 3. The Kier molecular flexibility index (Phi) is 9.85.